The van der Waals surface area contributed by atoms with Crippen LogP contribution in [0.4, 0.5) is 11.4 Å². The van der Waals surface area contributed by atoms with Crippen molar-refractivity contribution in [2.75, 3.05) is 10.6 Å². The van der Waals surface area contributed by atoms with Crippen LogP contribution < -0.4 is 15.4 Å². The summed E-state index contributed by atoms with van der Waals surface area (Å²) in [5, 5.41) is 5.35. The van der Waals surface area contributed by atoms with Crippen LogP contribution in [0.15, 0.2) is 0 Å². The number of amides is 2. The Kier molecular flexibility index (Phi) is 6.90. The molecule has 0 heterocycles. The molecule has 2 N–H and O–H groups in total. The minimum atomic E-state index is -0.257. The molecule has 2 amide bonds. The summed E-state index contributed by atoms with van der Waals surface area (Å²) in [7, 11) is 0. The fourth-order valence-corrected chi connectivity index (χ4v) is 5.32. The molecule has 0 bridgehead atoms. The zero-order chi connectivity index (χ0) is 15.4. The Bertz CT molecular complexity index is 547. The number of carbonyl (C=O) groups excluding carboxylic acids is 3. The van der Waals surface area contributed by atoms with E-state index in [1.165, 1.54) is 13.8 Å². The lowest BCUT2D eigenvalue weighted by Gasteiger charge is -2.18. The largest absolute Gasteiger partial charge is 0.426 e. The average molecular weight is 614 g/mol. The predicted octanol–water partition coefficient (Wildman–Crippen LogP) is 2.95. The van der Waals surface area contributed by atoms with Crippen molar-refractivity contribution >= 4 is 97.4 Å². The molecule has 1 rings (SSSR count). The third-order valence-corrected chi connectivity index (χ3v) is 5.18. The number of halogens is 3. The second kappa shape index (κ2) is 7.72. The van der Waals surface area contributed by atoms with Gasteiger partial charge in [0.05, 0.1) is 22.1 Å². The van der Waals surface area contributed by atoms with Gasteiger partial charge in [-0.2, -0.15) is 0 Å². The summed E-state index contributed by atoms with van der Waals surface area (Å²) in [6.07, 6.45) is 0. The maximum atomic E-state index is 11.3. The molecule has 0 atom stereocenters. The summed E-state index contributed by atoms with van der Waals surface area (Å²) in [4.78, 5) is 33.2. The molecule has 0 fully saturated rings. The highest BCUT2D eigenvalue weighted by atomic mass is 127. The molecular weight excluding hydrogens is 605 g/mol. The fourth-order valence-electron chi connectivity index (χ4n) is 1.36. The van der Waals surface area contributed by atoms with Crippen LogP contribution in [-0.2, 0) is 14.4 Å². The van der Waals surface area contributed by atoms with E-state index in [1.807, 2.05) is 67.8 Å². The van der Waals surface area contributed by atoms with E-state index in [9.17, 15) is 14.4 Å². The van der Waals surface area contributed by atoms with E-state index in [0.29, 0.717) is 34.3 Å². The van der Waals surface area contributed by atoms with Gasteiger partial charge in [-0.1, -0.05) is 0 Å². The highest BCUT2D eigenvalue weighted by Crippen LogP contribution is 2.42. The molecule has 0 radical (unpaired) electrons. The van der Waals surface area contributed by atoms with Gasteiger partial charge in [-0.15, -0.1) is 0 Å². The zero-order valence-corrected chi connectivity index (χ0v) is 16.8. The first-order valence-corrected chi connectivity index (χ1v) is 8.39. The van der Waals surface area contributed by atoms with Crippen LogP contribution in [0.2, 0.25) is 0 Å². The van der Waals surface area contributed by atoms with Gasteiger partial charge in [-0.3, -0.25) is 14.4 Å². The molecule has 1 aromatic carbocycles. The van der Waals surface area contributed by atoms with E-state index in [2.05, 4.69) is 10.6 Å². The molecule has 0 saturated heterocycles. The zero-order valence-electron chi connectivity index (χ0n) is 10.3. The van der Waals surface area contributed by atoms with Crippen LogP contribution in [0.3, 0.4) is 0 Å². The number of hydrogen-bond acceptors (Lipinski definition) is 4. The monoisotopic (exact) mass is 614 g/mol. The van der Waals surface area contributed by atoms with Gasteiger partial charge in [0.1, 0.15) is 0 Å². The van der Waals surface area contributed by atoms with Crippen LogP contribution in [0.25, 0.3) is 0 Å². The average Bonchev–Trinajstić information content (AvgIpc) is 2.35. The van der Waals surface area contributed by atoms with E-state index in [1.54, 1.807) is 0 Å². The number of ether oxygens (including phenoxy) is 1. The lowest BCUT2D eigenvalue weighted by atomic mass is 10.2. The van der Waals surface area contributed by atoms with Gasteiger partial charge in [0.25, 0.3) is 6.47 Å². The Morgan fingerprint density at radius 1 is 0.950 bits per heavy atom. The molecule has 0 spiro atoms. The summed E-state index contributed by atoms with van der Waals surface area (Å²) in [6.45, 7) is 3.06. The predicted molar refractivity (Wildman–Crippen MR) is 99.9 cm³/mol. The summed E-state index contributed by atoms with van der Waals surface area (Å²) in [5.41, 5.74) is 0.999. The van der Waals surface area contributed by atoms with Gasteiger partial charge >= 0.3 is 0 Å². The van der Waals surface area contributed by atoms with Crippen molar-refractivity contribution in [3.05, 3.63) is 10.7 Å². The number of anilines is 2. The maximum absolute atomic E-state index is 11.3. The summed E-state index contributed by atoms with van der Waals surface area (Å²) >= 11 is 5.98. The smallest absolute Gasteiger partial charge is 0.298 e. The maximum Gasteiger partial charge on any atom is 0.298 e. The van der Waals surface area contributed by atoms with E-state index in [-0.39, 0.29) is 11.8 Å². The Labute approximate surface area is 156 Å². The number of rotatable bonds is 4. The minimum absolute atomic E-state index is 0.257. The van der Waals surface area contributed by atoms with Crippen molar-refractivity contribution in [3.63, 3.8) is 0 Å². The molecule has 1 aromatic rings. The Hall–Kier alpha value is -0.180. The number of nitrogens with one attached hydrogen (secondary N) is 2. The Morgan fingerprint density at radius 3 is 1.65 bits per heavy atom. The fraction of sp³-hybridized carbons (Fsp3) is 0.182. The van der Waals surface area contributed by atoms with Crippen molar-refractivity contribution in [1.29, 1.82) is 0 Å². The van der Waals surface area contributed by atoms with Gasteiger partial charge in [-0.25, -0.2) is 0 Å². The standard InChI is InChI=1S/C11H9I3N2O4/c1-4(18)15-9-6(12)10(16-5(2)19)8(14)11(7(9)13)20-3-17/h3H,1-2H3,(H,15,18)(H,16,19). The lowest BCUT2D eigenvalue weighted by Crippen LogP contribution is -2.15. The molecule has 0 aliphatic heterocycles. The van der Waals surface area contributed by atoms with Crippen LogP contribution in [-0.4, -0.2) is 18.3 Å². The topological polar surface area (TPSA) is 84.5 Å². The van der Waals surface area contributed by atoms with Gasteiger partial charge in [0, 0.05) is 13.8 Å². The second-order valence-corrected chi connectivity index (χ2v) is 6.83. The minimum Gasteiger partial charge on any atom is -0.426 e. The molecule has 20 heavy (non-hydrogen) atoms. The number of carbonyl (C=O) groups is 3. The normalized spacial score (nSPS) is 9.85. The van der Waals surface area contributed by atoms with Crippen LogP contribution in [0, 0.1) is 10.7 Å². The Morgan fingerprint density at radius 2 is 1.35 bits per heavy atom. The molecule has 0 aromatic heterocycles. The van der Waals surface area contributed by atoms with Crippen molar-refractivity contribution in [2.45, 2.75) is 13.8 Å². The molecule has 0 aliphatic rings. The third kappa shape index (κ3) is 4.16. The van der Waals surface area contributed by atoms with Crippen molar-refractivity contribution in [2.24, 2.45) is 0 Å². The number of hydrogen-bond donors (Lipinski definition) is 2. The van der Waals surface area contributed by atoms with Gasteiger partial charge in [-0.05, 0) is 67.8 Å². The summed E-state index contributed by atoms with van der Waals surface area (Å²) < 4.78 is 6.81. The molecule has 108 valence electrons. The van der Waals surface area contributed by atoms with Gasteiger partial charge < -0.3 is 15.4 Å². The molecule has 0 saturated carbocycles. The lowest BCUT2D eigenvalue weighted by molar-refractivity contribution is -0.120. The number of benzene rings is 1. The van der Waals surface area contributed by atoms with E-state index in [0.717, 1.165) is 0 Å². The molecule has 0 aliphatic carbocycles. The first-order valence-electron chi connectivity index (χ1n) is 5.15. The van der Waals surface area contributed by atoms with E-state index < -0.39 is 0 Å². The summed E-state index contributed by atoms with van der Waals surface area (Å²) in [6, 6.07) is 0. The van der Waals surface area contributed by atoms with Crippen LogP contribution >= 0.6 is 67.8 Å². The first kappa shape index (κ1) is 17.9. The second-order valence-electron chi connectivity index (χ2n) is 3.60. The Balaban J connectivity index is 3.58. The van der Waals surface area contributed by atoms with Crippen LogP contribution in [0.5, 0.6) is 5.75 Å². The van der Waals surface area contributed by atoms with Crippen molar-refractivity contribution in [1.82, 2.24) is 0 Å². The van der Waals surface area contributed by atoms with Gasteiger partial charge in [0.15, 0.2) is 5.75 Å². The summed E-state index contributed by atoms with van der Waals surface area (Å²) in [5.74, 6) is -0.213. The highest BCUT2D eigenvalue weighted by Gasteiger charge is 2.22. The third-order valence-electron chi connectivity index (χ3n) is 2.04. The SMILES string of the molecule is CC(=O)Nc1c(I)c(NC(C)=O)c(I)c(OC=O)c1I. The van der Waals surface area contributed by atoms with E-state index in [4.69, 9.17) is 4.74 Å². The highest BCUT2D eigenvalue weighted by molar-refractivity contribution is 14.1. The van der Waals surface area contributed by atoms with E-state index >= 15 is 0 Å². The van der Waals surface area contributed by atoms with Gasteiger partial charge in [0.2, 0.25) is 11.8 Å². The van der Waals surface area contributed by atoms with Crippen LogP contribution in [0.1, 0.15) is 13.8 Å². The molecule has 9 heteroatoms. The first-order chi connectivity index (χ1) is 9.29. The van der Waals surface area contributed by atoms with Crippen molar-refractivity contribution in [3.8, 4) is 5.75 Å². The molecular formula is C11H9I3N2O4. The van der Waals surface area contributed by atoms with Crippen molar-refractivity contribution < 1.29 is 19.1 Å². The quantitative estimate of drug-likeness (QED) is 0.404. The molecule has 6 nitrogen and oxygen atoms in total. The molecule has 0 unspecified atom stereocenters.